The van der Waals surface area contributed by atoms with Crippen molar-refractivity contribution in [2.45, 2.75) is 0 Å². The summed E-state index contributed by atoms with van der Waals surface area (Å²) in [6.45, 7) is 0. The molecule has 0 radical (unpaired) electrons. The van der Waals surface area contributed by atoms with E-state index in [1.54, 1.807) is 0 Å². The lowest BCUT2D eigenvalue weighted by molar-refractivity contribution is 1.18. The van der Waals surface area contributed by atoms with Gasteiger partial charge in [0, 0.05) is 52.1 Å². The number of pyridine rings is 1. The molecule has 236 valence electrons. The van der Waals surface area contributed by atoms with Gasteiger partial charge in [0.2, 0.25) is 0 Å². The van der Waals surface area contributed by atoms with Crippen LogP contribution in [-0.2, 0) is 0 Å². The van der Waals surface area contributed by atoms with Crippen LogP contribution in [0.2, 0.25) is 0 Å². The van der Waals surface area contributed by atoms with E-state index in [1.165, 1.54) is 89.1 Å². The minimum atomic E-state index is 0.992. The van der Waals surface area contributed by atoms with Crippen LogP contribution in [0.4, 0.5) is 0 Å². The average Bonchev–Trinajstić information content (AvgIpc) is 3.85. The highest BCUT2D eigenvalue weighted by Crippen LogP contribution is 2.40. The van der Waals surface area contributed by atoms with Gasteiger partial charge in [0.1, 0.15) is 0 Å². The van der Waals surface area contributed by atoms with E-state index in [4.69, 9.17) is 4.98 Å². The third kappa shape index (κ3) is 4.06. The molecule has 0 aliphatic rings. The second kappa shape index (κ2) is 10.2. The molecule has 51 heavy (non-hydrogen) atoms. The predicted molar refractivity (Wildman–Crippen MR) is 223 cm³/mol. The average molecular weight is 683 g/mol. The van der Waals surface area contributed by atoms with E-state index in [-0.39, 0.29) is 0 Å². The Labute approximate surface area is 299 Å². The summed E-state index contributed by atoms with van der Waals surface area (Å²) in [4.78, 5) is 5.38. The fourth-order valence-corrected chi connectivity index (χ4v) is 10.3. The third-order valence-corrected chi connectivity index (χ3v) is 13.0. The fraction of sp³-hybridized carbons (Fsp3) is 0. The highest BCUT2D eigenvalue weighted by atomic mass is 32.1. The molecule has 5 heterocycles. The number of rotatable bonds is 1. The van der Waals surface area contributed by atoms with Gasteiger partial charge in [-0.3, -0.25) is 0 Å². The number of para-hydroxylation sites is 1. The van der Waals surface area contributed by atoms with Crippen molar-refractivity contribution >= 4 is 128 Å². The Bertz CT molecular complexity index is 3480. The second-order valence-electron chi connectivity index (χ2n) is 13.6. The first-order valence-corrected chi connectivity index (χ1v) is 18.9. The van der Waals surface area contributed by atoms with Crippen LogP contribution in [0.1, 0.15) is 0 Å². The monoisotopic (exact) mass is 682 g/mol. The highest BCUT2D eigenvalue weighted by Gasteiger charge is 2.14. The van der Waals surface area contributed by atoms with Crippen LogP contribution in [-0.4, -0.2) is 9.55 Å². The molecule has 0 aliphatic carbocycles. The van der Waals surface area contributed by atoms with E-state index >= 15 is 0 Å². The van der Waals surface area contributed by atoms with E-state index in [0.29, 0.717) is 0 Å². The molecular formula is C47H26N2S2. The molecule has 5 aromatic heterocycles. The number of nitrogens with zero attached hydrogens (tertiary/aromatic N) is 2. The smallest absolute Gasteiger partial charge is 0.0896 e. The first-order valence-electron chi connectivity index (χ1n) is 17.3. The Kier molecular flexibility index (Phi) is 5.56. The number of hydrogen-bond donors (Lipinski definition) is 0. The van der Waals surface area contributed by atoms with E-state index in [9.17, 15) is 0 Å². The van der Waals surface area contributed by atoms with Crippen LogP contribution in [0, 0.1) is 0 Å². The molecule has 0 atom stereocenters. The molecule has 0 saturated heterocycles. The summed E-state index contributed by atoms with van der Waals surface area (Å²) in [7, 11) is 0. The molecule has 14 bridgehead atoms. The van der Waals surface area contributed by atoms with Gasteiger partial charge in [-0.05, 0) is 123 Å². The summed E-state index contributed by atoms with van der Waals surface area (Å²) < 4.78 is 7.50. The van der Waals surface area contributed by atoms with Gasteiger partial charge >= 0.3 is 0 Å². The number of benzene rings is 7. The lowest BCUT2D eigenvalue weighted by Crippen LogP contribution is -1.92. The summed E-state index contributed by atoms with van der Waals surface area (Å²) in [6.07, 6.45) is 0. The van der Waals surface area contributed by atoms with Crippen LogP contribution in [0.3, 0.4) is 0 Å². The van der Waals surface area contributed by atoms with Crippen LogP contribution >= 0.6 is 22.7 Å². The SMILES string of the molecule is c1ccc(-n2c3ccc4cc3c3cc(ccc32)c2ccc3sc5ccc(cc5c3n2)c2ccc3sc5ccc(cc5c3c2)c2cccc4c2)cc1. The Morgan fingerprint density at radius 1 is 0.353 bits per heavy atom. The van der Waals surface area contributed by atoms with Crippen molar-refractivity contribution in [1.29, 1.82) is 0 Å². The summed E-state index contributed by atoms with van der Waals surface area (Å²) in [5.41, 5.74) is 5.60. The maximum Gasteiger partial charge on any atom is 0.0896 e. The number of thiophene rings is 2. The topological polar surface area (TPSA) is 17.8 Å². The van der Waals surface area contributed by atoms with Crippen molar-refractivity contribution in [3.8, 4) is 5.69 Å². The Balaban J connectivity index is 1.28. The van der Waals surface area contributed by atoms with Gasteiger partial charge in [-0.1, -0.05) is 66.7 Å². The van der Waals surface area contributed by atoms with Crippen LogP contribution < -0.4 is 0 Å². The summed E-state index contributed by atoms with van der Waals surface area (Å²) in [5.74, 6) is 0. The number of aromatic nitrogens is 2. The van der Waals surface area contributed by atoms with Crippen LogP contribution in [0.25, 0.3) is 111 Å². The van der Waals surface area contributed by atoms with Gasteiger partial charge in [-0.15, -0.1) is 22.7 Å². The second-order valence-corrected chi connectivity index (χ2v) is 15.8. The van der Waals surface area contributed by atoms with Crippen LogP contribution in [0.15, 0.2) is 158 Å². The van der Waals surface area contributed by atoms with Crippen molar-refractivity contribution in [3.63, 3.8) is 0 Å². The van der Waals surface area contributed by atoms with Gasteiger partial charge in [-0.25, -0.2) is 4.98 Å². The van der Waals surface area contributed by atoms with Gasteiger partial charge in [-0.2, -0.15) is 0 Å². The maximum atomic E-state index is 5.38. The van der Waals surface area contributed by atoms with Crippen molar-refractivity contribution in [3.05, 3.63) is 158 Å². The van der Waals surface area contributed by atoms with Crippen molar-refractivity contribution < 1.29 is 0 Å². The molecule has 12 rings (SSSR count). The molecule has 2 nitrogen and oxygen atoms in total. The Hall–Kier alpha value is -6.07. The number of fused-ring (bicyclic) bond motifs is 12. The zero-order chi connectivity index (χ0) is 33.2. The predicted octanol–water partition coefficient (Wildman–Crippen LogP) is 14.1. The first-order chi connectivity index (χ1) is 25.2. The summed E-state index contributed by atoms with van der Waals surface area (Å²) in [6, 6.07) is 58.8. The van der Waals surface area contributed by atoms with Crippen molar-refractivity contribution in [2.75, 3.05) is 0 Å². The van der Waals surface area contributed by atoms with E-state index in [1.807, 2.05) is 22.7 Å². The van der Waals surface area contributed by atoms with E-state index in [2.05, 4.69) is 162 Å². The molecule has 12 aromatic rings. The lowest BCUT2D eigenvalue weighted by atomic mass is 10.0. The first kappa shape index (κ1) is 27.7. The molecule has 0 aliphatic heterocycles. The standard InChI is InChI=1S/C47H26N2S2/c1-2-7-34(8-3-1)49-41-15-9-29-22-35(41)36-26-33(10-16-42(36)49)40-14-20-46-47(48-40)39-25-32(13-19-45(39)51-46)31-12-18-44-38(24-31)37-23-30(11-17-43(37)50-44)28-6-4-5-27(29)21-28/h1-26H. The molecule has 0 fully saturated rings. The normalized spacial score (nSPS) is 12.3. The molecule has 0 unspecified atom stereocenters. The highest BCUT2D eigenvalue weighted by molar-refractivity contribution is 7.26. The minimum absolute atomic E-state index is 0.992. The molecule has 0 spiro atoms. The molecule has 7 aromatic carbocycles. The molecule has 0 N–H and O–H groups in total. The molecular weight excluding hydrogens is 657 g/mol. The minimum Gasteiger partial charge on any atom is -0.309 e. The fourth-order valence-electron chi connectivity index (χ4n) is 8.22. The zero-order valence-electron chi connectivity index (χ0n) is 27.2. The Morgan fingerprint density at radius 3 is 1.51 bits per heavy atom. The maximum absolute atomic E-state index is 5.38. The third-order valence-electron chi connectivity index (χ3n) is 10.7. The Morgan fingerprint density at radius 2 is 0.843 bits per heavy atom. The summed E-state index contributed by atoms with van der Waals surface area (Å²) in [5, 5.41) is 14.7. The number of hydrogen-bond acceptors (Lipinski definition) is 3. The van der Waals surface area contributed by atoms with Gasteiger partial charge in [0.15, 0.2) is 0 Å². The van der Waals surface area contributed by atoms with Gasteiger partial charge in [0.05, 0.1) is 26.8 Å². The lowest BCUT2D eigenvalue weighted by Gasteiger charge is -2.07. The largest absolute Gasteiger partial charge is 0.309 e. The van der Waals surface area contributed by atoms with Gasteiger partial charge < -0.3 is 4.57 Å². The molecule has 0 saturated carbocycles. The van der Waals surface area contributed by atoms with Crippen LogP contribution in [0.5, 0.6) is 0 Å². The molecule has 4 heteroatoms. The van der Waals surface area contributed by atoms with E-state index < -0.39 is 0 Å². The van der Waals surface area contributed by atoms with Crippen molar-refractivity contribution in [1.82, 2.24) is 9.55 Å². The quantitative estimate of drug-likeness (QED) is 0.168. The van der Waals surface area contributed by atoms with Crippen molar-refractivity contribution in [2.24, 2.45) is 0 Å². The summed E-state index contributed by atoms with van der Waals surface area (Å²) >= 11 is 3.69. The van der Waals surface area contributed by atoms with Gasteiger partial charge in [0.25, 0.3) is 0 Å². The molecule has 0 amide bonds. The van der Waals surface area contributed by atoms with E-state index in [0.717, 1.165) is 22.1 Å². The zero-order valence-corrected chi connectivity index (χ0v) is 28.9.